The molecule has 0 radical (unpaired) electrons. The zero-order valence-corrected chi connectivity index (χ0v) is 12.7. The molecule has 1 aromatic heterocycles. The van der Waals surface area contributed by atoms with Gasteiger partial charge in [-0.1, -0.05) is 36.4 Å². The van der Waals surface area contributed by atoms with Crippen molar-refractivity contribution in [2.24, 2.45) is 0 Å². The molecule has 0 spiro atoms. The van der Waals surface area contributed by atoms with Crippen molar-refractivity contribution < 1.29 is 4.79 Å². The van der Waals surface area contributed by atoms with E-state index >= 15 is 0 Å². The maximum Gasteiger partial charge on any atom is 0.146 e. The van der Waals surface area contributed by atoms with Crippen molar-refractivity contribution in [2.45, 2.75) is 25.7 Å². The second-order valence-electron chi connectivity index (χ2n) is 5.31. The standard InChI is InChI=1S/C19H18OS/c20-13-17-7-2-1-5-15(17)9-10-16-6-3-4-8-19(16)18-11-12-21-14-18/h3-4,6,8-14H,1-2,5,7H2/b10-9+. The van der Waals surface area contributed by atoms with Crippen LogP contribution < -0.4 is 0 Å². The molecule has 0 saturated carbocycles. The van der Waals surface area contributed by atoms with Crippen LogP contribution in [0.3, 0.4) is 0 Å². The van der Waals surface area contributed by atoms with E-state index in [0.717, 1.165) is 31.1 Å². The van der Waals surface area contributed by atoms with Crippen molar-refractivity contribution in [1.82, 2.24) is 0 Å². The van der Waals surface area contributed by atoms with E-state index in [1.807, 2.05) is 0 Å². The molecule has 0 saturated heterocycles. The van der Waals surface area contributed by atoms with Crippen molar-refractivity contribution in [3.63, 3.8) is 0 Å². The third kappa shape index (κ3) is 3.22. The molecule has 0 amide bonds. The van der Waals surface area contributed by atoms with Gasteiger partial charge in [0.15, 0.2) is 0 Å². The lowest BCUT2D eigenvalue weighted by Crippen LogP contribution is -1.99. The smallest absolute Gasteiger partial charge is 0.146 e. The highest BCUT2D eigenvalue weighted by Gasteiger charge is 2.10. The van der Waals surface area contributed by atoms with Gasteiger partial charge in [0.05, 0.1) is 0 Å². The normalized spacial score (nSPS) is 15.6. The summed E-state index contributed by atoms with van der Waals surface area (Å²) in [6, 6.07) is 10.6. The Labute approximate surface area is 129 Å². The minimum Gasteiger partial charge on any atom is -0.298 e. The summed E-state index contributed by atoms with van der Waals surface area (Å²) in [7, 11) is 0. The Kier molecular flexibility index (Phi) is 4.46. The van der Waals surface area contributed by atoms with E-state index in [4.69, 9.17) is 0 Å². The van der Waals surface area contributed by atoms with Gasteiger partial charge in [-0.3, -0.25) is 4.79 Å². The number of aldehydes is 1. The lowest BCUT2D eigenvalue weighted by molar-refractivity contribution is -0.105. The second-order valence-corrected chi connectivity index (χ2v) is 6.09. The fourth-order valence-electron chi connectivity index (χ4n) is 2.79. The number of carbonyl (C=O) groups excluding carboxylic acids is 1. The fraction of sp³-hybridized carbons (Fsp3) is 0.211. The van der Waals surface area contributed by atoms with Crippen LogP contribution in [0.2, 0.25) is 0 Å². The lowest BCUT2D eigenvalue weighted by atomic mass is 9.91. The van der Waals surface area contributed by atoms with Crippen LogP contribution in [0.1, 0.15) is 31.2 Å². The largest absolute Gasteiger partial charge is 0.298 e. The van der Waals surface area contributed by atoms with Crippen LogP contribution in [-0.4, -0.2) is 6.29 Å². The molecule has 0 bridgehead atoms. The van der Waals surface area contributed by atoms with Gasteiger partial charge in [-0.25, -0.2) is 0 Å². The zero-order valence-electron chi connectivity index (χ0n) is 11.9. The molecular weight excluding hydrogens is 276 g/mol. The maximum absolute atomic E-state index is 11.1. The summed E-state index contributed by atoms with van der Waals surface area (Å²) in [6.45, 7) is 0. The molecule has 0 unspecified atom stereocenters. The van der Waals surface area contributed by atoms with Crippen LogP contribution in [-0.2, 0) is 4.79 Å². The molecule has 1 aromatic carbocycles. The Morgan fingerprint density at radius 1 is 0.952 bits per heavy atom. The van der Waals surface area contributed by atoms with Crippen LogP contribution in [0.15, 0.2) is 58.3 Å². The predicted octanol–water partition coefficient (Wildman–Crippen LogP) is 5.50. The first-order valence-corrected chi connectivity index (χ1v) is 8.29. The highest BCUT2D eigenvalue weighted by molar-refractivity contribution is 7.08. The third-order valence-corrected chi connectivity index (χ3v) is 4.64. The van der Waals surface area contributed by atoms with Crippen LogP contribution in [0.5, 0.6) is 0 Å². The monoisotopic (exact) mass is 294 g/mol. The van der Waals surface area contributed by atoms with Crippen molar-refractivity contribution in [1.29, 1.82) is 0 Å². The van der Waals surface area contributed by atoms with E-state index in [2.05, 4.69) is 53.2 Å². The van der Waals surface area contributed by atoms with Gasteiger partial charge in [-0.15, -0.1) is 0 Å². The van der Waals surface area contributed by atoms with Crippen LogP contribution in [0, 0.1) is 0 Å². The predicted molar refractivity (Wildman–Crippen MR) is 90.3 cm³/mol. The topological polar surface area (TPSA) is 17.1 Å². The Hall–Kier alpha value is -1.93. The first-order chi connectivity index (χ1) is 10.4. The molecule has 2 aromatic rings. The SMILES string of the molecule is O=CC1=C(/C=C/c2ccccc2-c2ccsc2)CCCC1. The molecule has 0 N–H and O–H groups in total. The van der Waals surface area contributed by atoms with Crippen LogP contribution >= 0.6 is 11.3 Å². The lowest BCUT2D eigenvalue weighted by Gasteiger charge is -2.13. The van der Waals surface area contributed by atoms with Crippen LogP contribution in [0.4, 0.5) is 0 Å². The minimum absolute atomic E-state index is 0.926. The number of hydrogen-bond acceptors (Lipinski definition) is 2. The average Bonchev–Trinajstić information content (AvgIpc) is 3.08. The highest BCUT2D eigenvalue weighted by Crippen LogP contribution is 2.29. The van der Waals surface area contributed by atoms with Crippen molar-refractivity contribution in [3.05, 3.63) is 63.9 Å². The Bertz CT molecular complexity index is 677. The van der Waals surface area contributed by atoms with E-state index in [9.17, 15) is 4.79 Å². The molecule has 2 heteroatoms. The average molecular weight is 294 g/mol. The summed E-state index contributed by atoms with van der Waals surface area (Å²) >= 11 is 1.71. The molecule has 0 aliphatic heterocycles. The molecule has 21 heavy (non-hydrogen) atoms. The van der Waals surface area contributed by atoms with E-state index < -0.39 is 0 Å². The summed E-state index contributed by atoms with van der Waals surface area (Å²) in [5.41, 5.74) is 5.90. The molecule has 0 atom stereocenters. The summed E-state index contributed by atoms with van der Waals surface area (Å²) in [5, 5.41) is 4.27. The Morgan fingerprint density at radius 3 is 2.52 bits per heavy atom. The van der Waals surface area contributed by atoms with E-state index in [-0.39, 0.29) is 0 Å². The molecule has 1 aliphatic carbocycles. The molecule has 1 aliphatic rings. The molecule has 106 valence electrons. The van der Waals surface area contributed by atoms with Gasteiger partial charge >= 0.3 is 0 Å². The quantitative estimate of drug-likeness (QED) is 0.681. The molecule has 1 heterocycles. The number of carbonyl (C=O) groups is 1. The molecule has 0 fully saturated rings. The number of allylic oxidation sites excluding steroid dienone is 3. The van der Waals surface area contributed by atoms with Gasteiger partial charge in [0.25, 0.3) is 0 Å². The first kappa shape index (κ1) is 14.0. The van der Waals surface area contributed by atoms with Gasteiger partial charge in [-0.05, 0) is 70.3 Å². The van der Waals surface area contributed by atoms with E-state index in [1.165, 1.54) is 28.7 Å². The summed E-state index contributed by atoms with van der Waals surface area (Å²) in [4.78, 5) is 11.1. The number of thiophene rings is 1. The minimum atomic E-state index is 0.926. The van der Waals surface area contributed by atoms with Gasteiger partial charge in [0.1, 0.15) is 6.29 Å². The van der Waals surface area contributed by atoms with E-state index in [1.54, 1.807) is 11.3 Å². The van der Waals surface area contributed by atoms with Crippen molar-refractivity contribution in [2.75, 3.05) is 0 Å². The Balaban J connectivity index is 1.93. The maximum atomic E-state index is 11.1. The molecule has 3 rings (SSSR count). The Morgan fingerprint density at radius 2 is 1.76 bits per heavy atom. The zero-order chi connectivity index (χ0) is 14.5. The van der Waals surface area contributed by atoms with Gasteiger partial charge in [0.2, 0.25) is 0 Å². The first-order valence-electron chi connectivity index (χ1n) is 7.35. The highest BCUT2D eigenvalue weighted by atomic mass is 32.1. The second kappa shape index (κ2) is 6.68. The summed E-state index contributed by atoms with van der Waals surface area (Å²) in [6.07, 6.45) is 9.58. The molecular formula is C19H18OS. The third-order valence-electron chi connectivity index (χ3n) is 3.95. The van der Waals surface area contributed by atoms with Crippen LogP contribution in [0.25, 0.3) is 17.2 Å². The van der Waals surface area contributed by atoms with Crippen molar-refractivity contribution >= 4 is 23.7 Å². The van der Waals surface area contributed by atoms with E-state index in [0.29, 0.717) is 0 Å². The van der Waals surface area contributed by atoms with Gasteiger partial charge < -0.3 is 0 Å². The van der Waals surface area contributed by atoms with Gasteiger partial charge in [0, 0.05) is 0 Å². The number of rotatable bonds is 4. The number of benzene rings is 1. The molecule has 1 nitrogen and oxygen atoms in total. The number of hydrogen-bond donors (Lipinski definition) is 0. The van der Waals surface area contributed by atoms with Gasteiger partial charge in [-0.2, -0.15) is 11.3 Å². The van der Waals surface area contributed by atoms with Crippen molar-refractivity contribution in [3.8, 4) is 11.1 Å². The summed E-state index contributed by atoms with van der Waals surface area (Å²) in [5.74, 6) is 0. The summed E-state index contributed by atoms with van der Waals surface area (Å²) < 4.78 is 0. The fourth-order valence-corrected chi connectivity index (χ4v) is 3.45.